The van der Waals surface area contributed by atoms with Crippen LogP contribution in [0.3, 0.4) is 0 Å². The van der Waals surface area contributed by atoms with Crippen LogP contribution in [0.15, 0.2) is 29.2 Å². The molecule has 222 valence electrons. The molecule has 0 radical (unpaired) electrons. The second-order valence-electron chi connectivity index (χ2n) is 11.2. The molecule has 3 atom stereocenters. The zero-order valence-corrected chi connectivity index (χ0v) is 22.8. The number of benzene rings is 1. The van der Waals surface area contributed by atoms with Gasteiger partial charge in [-0.25, -0.2) is 13.2 Å². The van der Waals surface area contributed by atoms with E-state index in [-0.39, 0.29) is 19.0 Å². The normalized spacial score (nSPS) is 26.6. The van der Waals surface area contributed by atoms with E-state index in [1.807, 2.05) is 11.0 Å². The quantitative estimate of drug-likeness (QED) is 0.504. The third-order valence-corrected chi connectivity index (χ3v) is 10.8. The number of likely N-dealkylation sites (tertiary alicyclic amines) is 3. The van der Waals surface area contributed by atoms with Crippen LogP contribution >= 0.6 is 0 Å². The molecule has 3 amide bonds. The van der Waals surface area contributed by atoms with Gasteiger partial charge in [0.25, 0.3) is 0 Å². The van der Waals surface area contributed by atoms with Gasteiger partial charge in [-0.15, -0.1) is 0 Å². The SMILES string of the molecule is N#CC1(NC(=O)[C@@H]2C[C@@H](S(=O)(=O)c3cccc(C(F)(F)F)c3)CN2C(=O)C2CCN2C2CCN(C(=O)O)CC2)CC1. The van der Waals surface area contributed by atoms with Gasteiger partial charge in [0, 0.05) is 32.2 Å². The topological polar surface area (TPSA) is 151 Å². The first-order valence-corrected chi connectivity index (χ1v) is 15.0. The van der Waals surface area contributed by atoms with Crippen LogP contribution in [0.1, 0.15) is 44.1 Å². The number of carboxylic acid groups (broad SMARTS) is 1. The second-order valence-corrected chi connectivity index (χ2v) is 13.4. The van der Waals surface area contributed by atoms with Gasteiger partial charge >= 0.3 is 12.3 Å². The minimum Gasteiger partial charge on any atom is -0.465 e. The molecule has 1 aromatic rings. The summed E-state index contributed by atoms with van der Waals surface area (Å²) in [6.07, 6.45) is -3.72. The molecular formula is C26H30F3N5O6S. The Balaban J connectivity index is 1.37. The minimum absolute atomic E-state index is 0.0545. The number of rotatable bonds is 6. The van der Waals surface area contributed by atoms with Gasteiger partial charge in [0.1, 0.15) is 11.6 Å². The van der Waals surface area contributed by atoms with Crippen molar-refractivity contribution in [2.24, 2.45) is 0 Å². The van der Waals surface area contributed by atoms with Crippen LogP contribution in [-0.2, 0) is 25.6 Å². The second kappa shape index (κ2) is 10.5. The van der Waals surface area contributed by atoms with E-state index in [4.69, 9.17) is 0 Å². The Hall–Kier alpha value is -3.38. The number of sulfone groups is 1. The van der Waals surface area contributed by atoms with Gasteiger partial charge in [-0.2, -0.15) is 18.4 Å². The molecule has 1 unspecified atom stereocenters. The van der Waals surface area contributed by atoms with Crippen molar-refractivity contribution < 1.29 is 41.1 Å². The van der Waals surface area contributed by atoms with Crippen molar-refractivity contribution in [3.8, 4) is 6.07 Å². The molecule has 3 saturated heterocycles. The third kappa shape index (κ3) is 5.59. The van der Waals surface area contributed by atoms with Crippen molar-refractivity contribution in [1.82, 2.24) is 20.0 Å². The predicted octanol–water partition coefficient (Wildman–Crippen LogP) is 1.84. The van der Waals surface area contributed by atoms with Gasteiger partial charge in [-0.05, 0) is 56.7 Å². The number of nitrogens with zero attached hydrogens (tertiary/aromatic N) is 4. The highest BCUT2D eigenvalue weighted by Gasteiger charge is 2.52. The lowest BCUT2D eigenvalue weighted by atomic mass is 9.93. The fourth-order valence-corrected chi connectivity index (χ4v) is 7.69. The van der Waals surface area contributed by atoms with Crippen LogP contribution in [-0.4, -0.2) is 101 Å². The van der Waals surface area contributed by atoms with Crippen LogP contribution in [0.2, 0.25) is 0 Å². The number of nitrogens with one attached hydrogen (secondary N) is 1. The van der Waals surface area contributed by atoms with Gasteiger partial charge in [0.2, 0.25) is 11.8 Å². The number of alkyl halides is 3. The van der Waals surface area contributed by atoms with E-state index in [1.165, 1.54) is 9.80 Å². The highest BCUT2D eigenvalue weighted by atomic mass is 32.2. The first-order chi connectivity index (χ1) is 19.3. The Morgan fingerprint density at radius 3 is 2.29 bits per heavy atom. The van der Waals surface area contributed by atoms with Crippen molar-refractivity contribution in [3.63, 3.8) is 0 Å². The maximum absolute atomic E-state index is 13.8. The summed E-state index contributed by atoms with van der Waals surface area (Å²) in [6, 6.07) is 3.52. The van der Waals surface area contributed by atoms with E-state index in [0.717, 1.165) is 18.2 Å². The first-order valence-electron chi connectivity index (χ1n) is 13.4. The molecule has 2 N–H and O–H groups in total. The maximum Gasteiger partial charge on any atom is 0.416 e. The third-order valence-electron chi connectivity index (χ3n) is 8.65. The molecule has 11 nitrogen and oxygen atoms in total. The van der Waals surface area contributed by atoms with Crippen molar-refractivity contribution in [2.75, 3.05) is 26.2 Å². The maximum atomic E-state index is 13.8. The van der Waals surface area contributed by atoms with Gasteiger partial charge in [-0.1, -0.05) is 6.07 Å². The Morgan fingerprint density at radius 2 is 1.76 bits per heavy atom. The standard InChI is InChI=1S/C26H30F3N5O6S/c27-26(28,29)16-2-1-3-18(12-16)41(39,40)19-13-21(22(35)31-25(15-30)7-8-25)34(14-19)23(36)20-6-11-33(20)17-4-9-32(10-5-17)24(37)38/h1-3,12,17,19-21H,4-11,13-14H2,(H,31,35)(H,37,38)/t19-,20?,21+/m1/s1. The molecule has 0 aromatic heterocycles. The van der Waals surface area contributed by atoms with Gasteiger partial charge in [0.05, 0.1) is 27.8 Å². The van der Waals surface area contributed by atoms with E-state index >= 15 is 0 Å². The average Bonchev–Trinajstić information content (AvgIpc) is 3.52. The summed E-state index contributed by atoms with van der Waals surface area (Å²) in [5, 5.41) is 20.0. The van der Waals surface area contributed by atoms with E-state index in [2.05, 4.69) is 5.32 Å². The lowest BCUT2D eigenvalue weighted by Gasteiger charge is -2.48. The van der Waals surface area contributed by atoms with Crippen LogP contribution in [0.25, 0.3) is 0 Å². The zero-order valence-electron chi connectivity index (χ0n) is 22.0. The smallest absolute Gasteiger partial charge is 0.416 e. The molecule has 1 saturated carbocycles. The molecule has 0 spiro atoms. The Morgan fingerprint density at radius 1 is 1.07 bits per heavy atom. The van der Waals surface area contributed by atoms with Crippen molar-refractivity contribution >= 4 is 27.7 Å². The number of hydrogen-bond acceptors (Lipinski definition) is 7. The highest BCUT2D eigenvalue weighted by molar-refractivity contribution is 7.92. The monoisotopic (exact) mass is 597 g/mol. The molecule has 15 heteroatoms. The number of hydrogen-bond donors (Lipinski definition) is 2. The minimum atomic E-state index is -4.75. The van der Waals surface area contributed by atoms with E-state index in [9.17, 15) is 46.3 Å². The van der Waals surface area contributed by atoms with Crippen molar-refractivity contribution in [2.45, 2.75) is 78.5 Å². The van der Waals surface area contributed by atoms with Crippen LogP contribution in [0.4, 0.5) is 18.0 Å². The lowest BCUT2D eigenvalue weighted by Crippen LogP contribution is -2.63. The number of nitriles is 1. The average molecular weight is 598 g/mol. The summed E-state index contributed by atoms with van der Waals surface area (Å²) in [5.41, 5.74) is -2.19. The molecule has 0 bridgehead atoms. The molecule has 3 heterocycles. The number of amides is 3. The summed E-state index contributed by atoms with van der Waals surface area (Å²) in [5.74, 6) is -1.12. The highest BCUT2D eigenvalue weighted by Crippen LogP contribution is 2.38. The number of piperidine rings is 1. The molecule has 4 aliphatic rings. The van der Waals surface area contributed by atoms with Crippen molar-refractivity contribution in [3.05, 3.63) is 29.8 Å². The summed E-state index contributed by atoms with van der Waals surface area (Å²) < 4.78 is 66.9. The van der Waals surface area contributed by atoms with Gasteiger partial charge < -0.3 is 20.2 Å². The van der Waals surface area contributed by atoms with Crippen LogP contribution in [0.5, 0.6) is 0 Å². The predicted molar refractivity (Wildman–Crippen MR) is 136 cm³/mol. The molecule has 1 aliphatic carbocycles. The first kappa shape index (κ1) is 29.1. The Bertz CT molecular complexity index is 1380. The molecular weight excluding hydrogens is 567 g/mol. The number of halogens is 3. The Kier molecular flexibility index (Phi) is 7.44. The number of carbonyl (C=O) groups is 3. The summed E-state index contributed by atoms with van der Waals surface area (Å²) in [7, 11) is -4.36. The molecule has 5 rings (SSSR count). The van der Waals surface area contributed by atoms with E-state index in [1.54, 1.807) is 0 Å². The summed E-state index contributed by atoms with van der Waals surface area (Å²) in [4.78, 5) is 42.3. The van der Waals surface area contributed by atoms with E-state index < -0.39 is 67.3 Å². The summed E-state index contributed by atoms with van der Waals surface area (Å²) >= 11 is 0. The van der Waals surface area contributed by atoms with Crippen LogP contribution < -0.4 is 5.32 Å². The van der Waals surface area contributed by atoms with Crippen molar-refractivity contribution in [1.29, 1.82) is 5.26 Å². The molecule has 4 fully saturated rings. The van der Waals surface area contributed by atoms with E-state index in [0.29, 0.717) is 57.8 Å². The fourth-order valence-electron chi connectivity index (χ4n) is 5.95. The Labute approximate surface area is 234 Å². The lowest BCUT2D eigenvalue weighted by molar-refractivity contribution is -0.148. The fraction of sp³-hybridized carbons (Fsp3) is 0.615. The zero-order chi connectivity index (χ0) is 29.7. The van der Waals surface area contributed by atoms with Gasteiger partial charge in [0.15, 0.2) is 9.84 Å². The largest absolute Gasteiger partial charge is 0.465 e. The summed E-state index contributed by atoms with van der Waals surface area (Å²) in [6.45, 7) is 0.846. The molecule has 41 heavy (non-hydrogen) atoms. The molecule has 3 aliphatic heterocycles. The van der Waals surface area contributed by atoms with Gasteiger partial charge in [-0.3, -0.25) is 14.5 Å². The molecule has 1 aromatic carbocycles. The number of carbonyl (C=O) groups excluding carboxylic acids is 2. The van der Waals surface area contributed by atoms with Crippen LogP contribution in [0, 0.1) is 11.3 Å².